The second-order valence-electron chi connectivity index (χ2n) is 6.67. The van der Waals surface area contributed by atoms with E-state index >= 15 is 0 Å². The molecule has 0 bridgehead atoms. The third kappa shape index (κ3) is 3.93. The molecule has 1 N–H and O–H groups in total. The molecule has 148 valence electrons. The Hall–Kier alpha value is -3.39. The van der Waals surface area contributed by atoms with E-state index in [9.17, 15) is 13.2 Å². The number of hydrogen-bond donors (Lipinski definition) is 1. The summed E-state index contributed by atoms with van der Waals surface area (Å²) < 4.78 is 30.7. The number of benzene rings is 2. The molecule has 0 aliphatic rings. The van der Waals surface area contributed by atoms with E-state index in [0.717, 1.165) is 17.5 Å². The fraction of sp³-hybridized carbons (Fsp3) is 0.143. The van der Waals surface area contributed by atoms with E-state index in [1.165, 1.54) is 9.08 Å². The number of aryl methyl sites for hydroxylation is 1. The van der Waals surface area contributed by atoms with Gasteiger partial charge in [0.2, 0.25) is 0 Å². The quantitative estimate of drug-likeness (QED) is 0.532. The van der Waals surface area contributed by atoms with Crippen LogP contribution in [0.3, 0.4) is 0 Å². The van der Waals surface area contributed by atoms with E-state index in [1.807, 2.05) is 19.1 Å². The van der Waals surface area contributed by atoms with Gasteiger partial charge in [0.15, 0.2) is 5.65 Å². The fourth-order valence-electron chi connectivity index (χ4n) is 3.10. The summed E-state index contributed by atoms with van der Waals surface area (Å²) in [6.07, 6.45) is 2.51. The number of nitrogens with zero attached hydrogens (tertiary/aromatic N) is 3. The average Bonchev–Trinajstić information content (AvgIpc) is 3.03. The zero-order valence-electron chi connectivity index (χ0n) is 15.8. The number of rotatable bonds is 6. The largest absolute Gasteiger partial charge is 0.350 e. The van der Waals surface area contributed by atoms with E-state index in [1.54, 1.807) is 60.8 Å². The predicted molar refractivity (Wildman–Crippen MR) is 112 cm³/mol. The smallest absolute Gasteiger partial charge is 0.280 e. The summed E-state index contributed by atoms with van der Waals surface area (Å²) in [5, 5.41) is 4.30. The van der Waals surface area contributed by atoms with Gasteiger partial charge in [-0.3, -0.25) is 9.12 Å². The van der Waals surface area contributed by atoms with Crippen LogP contribution in [-0.4, -0.2) is 22.6 Å². The number of hydrogen-bond acceptors (Lipinski definition) is 4. The summed E-state index contributed by atoms with van der Waals surface area (Å²) in [7, 11) is -3.69. The molecule has 2 aromatic carbocycles. The molecule has 0 amide bonds. The minimum atomic E-state index is -3.69. The standard InChI is InChI=1S/C21H20N4O3S/c1-2-16-9-11-19(12-10-16)29(27,28)23-18-7-5-6-17(14-18)15-25-21(26)24-13-4-3-8-20(24)22-25/h3-14,23H,2,15H2,1H3. The molecule has 8 heteroatoms. The fourth-order valence-corrected chi connectivity index (χ4v) is 4.15. The summed E-state index contributed by atoms with van der Waals surface area (Å²) in [5.41, 5.74) is 2.58. The van der Waals surface area contributed by atoms with E-state index in [-0.39, 0.29) is 17.1 Å². The lowest BCUT2D eigenvalue weighted by atomic mass is 10.2. The van der Waals surface area contributed by atoms with Crippen LogP contribution in [0.25, 0.3) is 5.65 Å². The van der Waals surface area contributed by atoms with E-state index in [4.69, 9.17) is 0 Å². The Kier molecular flexibility index (Phi) is 4.94. The molecule has 2 heterocycles. The minimum Gasteiger partial charge on any atom is -0.280 e. The van der Waals surface area contributed by atoms with Crippen LogP contribution in [0, 0.1) is 0 Å². The first-order valence-electron chi connectivity index (χ1n) is 9.21. The molecule has 2 aromatic heterocycles. The SMILES string of the molecule is CCc1ccc(S(=O)(=O)Nc2cccc(Cn3nc4ccccn4c3=O)c2)cc1. The molecule has 0 saturated heterocycles. The molecule has 0 aliphatic heterocycles. The van der Waals surface area contributed by atoms with Crippen LogP contribution in [0.4, 0.5) is 5.69 Å². The van der Waals surface area contributed by atoms with Crippen molar-refractivity contribution in [1.82, 2.24) is 14.2 Å². The van der Waals surface area contributed by atoms with Gasteiger partial charge in [-0.25, -0.2) is 17.9 Å². The third-order valence-electron chi connectivity index (χ3n) is 4.64. The van der Waals surface area contributed by atoms with Crippen LogP contribution in [0.5, 0.6) is 0 Å². The molecule has 0 radical (unpaired) electrons. The third-order valence-corrected chi connectivity index (χ3v) is 6.04. The van der Waals surface area contributed by atoms with Gasteiger partial charge in [0.05, 0.1) is 11.4 Å². The number of aromatic nitrogens is 3. The maximum atomic E-state index is 12.7. The summed E-state index contributed by atoms with van der Waals surface area (Å²) in [4.78, 5) is 12.6. The zero-order valence-corrected chi connectivity index (χ0v) is 16.6. The van der Waals surface area contributed by atoms with Crippen molar-refractivity contribution in [1.29, 1.82) is 0 Å². The second kappa shape index (κ2) is 7.56. The normalized spacial score (nSPS) is 11.6. The average molecular weight is 408 g/mol. The molecule has 0 aliphatic carbocycles. The molecule has 0 atom stereocenters. The molecular formula is C21H20N4O3S. The van der Waals surface area contributed by atoms with Gasteiger partial charge in [0.25, 0.3) is 10.0 Å². The molecule has 0 fully saturated rings. The van der Waals surface area contributed by atoms with Crippen LogP contribution < -0.4 is 10.4 Å². The first kappa shape index (κ1) is 18.9. The highest BCUT2D eigenvalue weighted by atomic mass is 32.2. The van der Waals surface area contributed by atoms with Gasteiger partial charge >= 0.3 is 5.69 Å². The predicted octanol–water partition coefficient (Wildman–Crippen LogP) is 2.91. The van der Waals surface area contributed by atoms with Crippen molar-refractivity contribution in [2.24, 2.45) is 0 Å². The highest BCUT2D eigenvalue weighted by Crippen LogP contribution is 2.18. The van der Waals surface area contributed by atoms with Gasteiger partial charge in [0, 0.05) is 11.9 Å². The zero-order chi connectivity index (χ0) is 20.4. The lowest BCUT2D eigenvalue weighted by Gasteiger charge is -2.10. The van der Waals surface area contributed by atoms with Crippen molar-refractivity contribution in [3.63, 3.8) is 0 Å². The Labute approximate surface area is 168 Å². The molecule has 7 nitrogen and oxygen atoms in total. The maximum absolute atomic E-state index is 12.7. The van der Waals surface area contributed by atoms with Crippen molar-refractivity contribution < 1.29 is 8.42 Å². The molecule has 0 saturated carbocycles. The van der Waals surface area contributed by atoms with E-state index < -0.39 is 10.0 Å². The van der Waals surface area contributed by atoms with Crippen molar-refractivity contribution in [2.45, 2.75) is 24.8 Å². The molecule has 4 rings (SSSR count). The summed E-state index contributed by atoms with van der Waals surface area (Å²) in [6.45, 7) is 2.25. The van der Waals surface area contributed by atoms with Gasteiger partial charge in [-0.1, -0.05) is 37.3 Å². The van der Waals surface area contributed by atoms with Crippen LogP contribution in [-0.2, 0) is 23.0 Å². The molecular weight excluding hydrogens is 388 g/mol. The van der Waals surface area contributed by atoms with Gasteiger partial charge in [-0.05, 0) is 53.9 Å². The topological polar surface area (TPSA) is 85.5 Å². The van der Waals surface area contributed by atoms with Crippen molar-refractivity contribution in [3.8, 4) is 0 Å². The van der Waals surface area contributed by atoms with E-state index in [0.29, 0.717) is 11.3 Å². The molecule has 0 spiro atoms. The highest BCUT2D eigenvalue weighted by Gasteiger charge is 2.14. The lowest BCUT2D eigenvalue weighted by molar-refractivity contribution is 0.601. The second-order valence-corrected chi connectivity index (χ2v) is 8.35. The Balaban J connectivity index is 1.58. The highest BCUT2D eigenvalue weighted by molar-refractivity contribution is 7.92. The Morgan fingerprint density at radius 1 is 0.966 bits per heavy atom. The lowest BCUT2D eigenvalue weighted by Crippen LogP contribution is -2.21. The van der Waals surface area contributed by atoms with Crippen LogP contribution >= 0.6 is 0 Å². The Morgan fingerprint density at radius 3 is 2.48 bits per heavy atom. The van der Waals surface area contributed by atoms with Crippen molar-refractivity contribution in [2.75, 3.05) is 4.72 Å². The monoisotopic (exact) mass is 408 g/mol. The van der Waals surface area contributed by atoms with Crippen molar-refractivity contribution >= 4 is 21.4 Å². The molecule has 4 aromatic rings. The Bertz CT molecular complexity index is 1320. The van der Waals surface area contributed by atoms with Gasteiger partial charge in [-0.2, -0.15) is 0 Å². The molecule has 29 heavy (non-hydrogen) atoms. The van der Waals surface area contributed by atoms with Crippen molar-refractivity contribution in [3.05, 3.63) is 94.5 Å². The number of fused-ring (bicyclic) bond motifs is 1. The van der Waals surface area contributed by atoms with Crippen LogP contribution in [0.2, 0.25) is 0 Å². The Morgan fingerprint density at radius 2 is 1.76 bits per heavy atom. The van der Waals surface area contributed by atoms with Gasteiger partial charge in [-0.15, -0.1) is 5.10 Å². The minimum absolute atomic E-state index is 0.205. The number of nitrogens with one attached hydrogen (secondary N) is 1. The molecule has 0 unspecified atom stereocenters. The maximum Gasteiger partial charge on any atom is 0.350 e. The number of anilines is 1. The summed E-state index contributed by atoms with van der Waals surface area (Å²) in [5.74, 6) is 0. The van der Waals surface area contributed by atoms with Gasteiger partial charge in [0.1, 0.15) is 0 Å². The van der Waals surface area contributed by atoms with Crippen LogP contribution in [0.15, 0.2) is 82.6 Å². The van der Waals surface area contributed by atoms with E-state index in [2.05, 4.69) is 9.82 Å². The first-order chi connectivity index (χ1) is 14.0. The van der Waals surface area contributed by atoms with Crippen LogP contribution in [0.1, 0.15) is 18.1 Å². The first-order valence-corrected chi connectivity index (χ1v) is 10.7. The van der Waals surface area contributed by atoms with Gasteiger partial charge < -0.3 is 0 Å². The number of sulfonamides is 1. The summed E-state index contributed by atoms with van der Waals surface area (Å²) in [6, 6.07) is 19.1. The summed E-state index contributed by atoms with van der Waals surface area (Å²) >= 11 is 0. The number of pyridine rings is 1.